The highest BCUT2D eigenvalue weighted by Crippen LogP contribution is 2.29. The first-order chi connectivity index (χ1) is 14.0. The lowest BCUT2D eigenvalue weighted by Crippen LogP contribution is -2.40. The van der Waals surface area contributed by atoms with Crippen LogP contribution >= 0.6 is 11.6 Å². The average Bonchev–Trinajstić information content (AvgIpc) is 2.66. The van der Waals surface area contributed by atoms with Gasteiger partial charge in [0.05, 0.1) is 25.2 Å². The Kier molecular flexibility index (Phi) is 7.97. The van der Waals surface area contributed by atoms with Crippen molar-refractivity contribution in [1.29, 1.82) is 0 Å². The second-order valence-electron chi connectivity index (χ2n) is 7.08. The van der Waals surface area contributed by atoms with E-state index in [1.807, 2.05) is 19.9 Å². The van der Waals surface area contributed by atoms with E-state index in [4.69, 9.17) is 21.1 Å². The van der Waals surface area contributed by atoms with E-state index in [0.717, 1.165) is 16.1 Å². The maximum absolute atomic E-state index is 12.5. The number of benzene rings is 2. The lowest BCUT2D eigenvalue weighted by Gasteiger charge is -2.24. The van der Waals surface area contributed by atoms with Crippen LogP contribution < -0.4 is 19.1 Å². The van der Waals surface area contributed by atoms with E-state index in [1.54, 1.807) is 44.4 Å². The number of carbonyl (C=O) groups is 1. The Morgan fingerprint density at radius 3 is 2.50 bits per heavy atom. The van der Waals surface area contributed by atoms with Crippen molar-refractivity contribution in [2.45, 2.75) is 33.4 Å². The molecule has 0 unspecified atom stereocenters. The summed E-state index contributed by atoms with van der Waals surface area (Å²) in [6.07, 6.45) is 1.06. The summed E-state index contributed by atoms with van der Waals surface area (Å²) < 4.78 is 36.6. The summed E-state index contributed by atoms with van der Waals surface area (Å²) in [4.78, 5) is 12.5. The molecule has 0 saturated heterocycles. The molecular weight excluding hydrogens is 428 g/mol. The van der Waals surface area contributed by atoms with Crippen LogP contribution in [-0.4, -0.2) is 40.3 Å². The summed E-state index contributed by atoms with van der Waals surface area (Å²) in [5.41, 5.74) is 1.75. The smallest absolute Gasteiger partial charge is 0.241 e. The van der Waals surface area contributed by atoms with Gasteiger partial charge in [-0.15, -0.1) is 0 Å². The third-order valence-electron chi connectivity index (χ3n) is 4.28. The van der Waals surface area contributed by atoms with E-state index < -0.39 is 15.9 Å². The fourth-order valence-corrected chi connectivity index (χ4v) is 3.88. The Labute approximate surface area is 183 Å². The van der Waals surface area contributed by atoms with Gasteiger partial charge < -0.3 is 14.8 Å². The zero-order valence-corrected chi connectivity index (χ0v) is 19.3. The first-order valence-electron chi connectivity index (χ1n) is 9.36. The van der Waals surface area contributed by atoms with Crippen LogP contribution in [0.15, 0.2) is 36.4 Å². The molecule has 0 aromatic heterocycles. The number of methoxy groups -OCH3 is 1. The van der Waals surface area contributed by atoms with Crippen molar-refractivity contribution in [3.05, 3.63) is 52.5 Å². The normalized spacial score (nSPS) is 11.3. The molecule has 1 amide bonds. The number of rotatable bonds is 9. The molecule has 7 nitrogen and oxygen atoms in total. The average molecular weight is 455 g/mol. The Morgan fingerprint density at radius 2 is 1.90 bits per heavy atom. The van der Waals surface area contributed by atoms with Crippen molar-refractivity contribution in [2.75, 3.05) is 24.2 Å². The predicted molar refractivity (Wildman–Crippen MR) is 119 cm³/mol. The Morgan fingerprint density at radius 1 is 1.20 bits per heavy atom. The SMILES string of the molecule is COc1cc(CNC(=O)CN(c2cccc(Cl)c2C)S(C)(=O)=O)ccc1OC(C)C. The molecule has 30 heavy (non-hydrogen) atoms. The maximum atomic E-state index is 12.5. The third kappa shape index (κ3) is 6.27. The van der Waals surface area contributed by atoms with Gasteiger partial charge in [-0.2, -0.15) is 0 Å². The fraction of sp³-hybridized carbons (Fsp3) is 0.381. The van der Waals surface area contributed by atoms with E-state index in [-0.39, 0.29) is 19.2 Å². The predicted octanol–water partition coefficient (Wildman–Crippen LogP) is 3.53. The van der Waals surface area contributed by atoms with Gasteiger partial charge >= 0.3 is 0 Å². The molecule has 164 valence electrons. The number of nitrogens with zero attached hydrogens (tertiary/aromatic N) is 1. The van der Waals surface area contributed by atoms with Crippen LogP contribution in [0.25, 0.3) is 0 Å². The minimum absolute atomic E-state index is 0.00127. The summed E-state index contributed by atoms with van der Waals surface area (Å²) in [5.74, 6) is 0.728. The van der Waals surface area contributed by atoms with Crippen molar-refractivity contribution >= 4 is 33.2 Å². The molecule has 0 spiro atoms. The number of amides is 1. The van der Waals surface area contributed by atoms with Crippen molar-refractivity contribution in [3.63, 3.8) is 0 Å². The third-order valence-corrected chi connectivity index (χ3v) is 5.81. The van der Waals surface area contributed by atoms with Crippen LogP contribution in [0.1, 0.15) is 25.0 Å². The number of hydrogen-bond donors (Lipinski definition) is 1. The molecule has 0 heterocycles. The lowest BCUT2D eigenvalue weighted by atomic mass is 10.2. The summed E-state index contributed by atoms with van der Waals surface area (Å²) in [6, 6.07) is 10.3. The molecule has 0 fully saturated rings. The van der Waals surface area contributed by atoms with Gasteiger partial charge in [-0.25, -0.2) is 8.42 Å². The van der Waals surface area contributed by atoms with E-state index >= 15 is 0 Å². The highest BCUT2D eigenvalue weighted by molar-refractivity contribution is 7.92. The first kappa shape index (κ1) is 23.8. The van der Waals surface area contributed by atoms with Crippen LogP contribution in [0.5, 0.6) is 11.5 Å². The summed E-state index contributed by atoms with van der Waals surface area (Å²) >= 11 is 6.11. The van der Waals surface area contributed by atoms with Gasteiger partial charge in [0.25, 0.3) is 0 Å². The van der Waals surface area contributed by atoms with E-state index in [0.29, 0.717) is 27.8 Å². The van der Waals surface area contributed by atoms with Crippen LogP contribution in [0, 0.1) is 6.92 Å². The van der Waals surface area contributed by atoms with Gasteiger partial charge in [-0.05, 0) is 56.2 Å². The molecule has 0 atom stereocenters. The topological polar surface area (TPSA) is 84.9 Å². The minimum Gasteiger partial charge on any atom is -0.493 e. The molecule has 0 saturated carbocycles. The van der Waals surface area contributed by atoms with E-state index in [9.17, 15) is 13.2 Å². The largest absolute Gasteiger partial charge is 0.493 e. The van der Waals surface area contributed by atoms with Crippen molar-refractivity contribution in [2.24, 2.45) is 0 Å². The Bertz CT molecular complexity index is 1010. The van der Waals surface area contributed by atoms with Gasteiger partial charge in [0.15, 0.2) is 11.5 Å². The van der Waals surface area contributed by atoms with Gasteiger partial charge in [-0.1, -0.05) is 23.7 Å². The number of carbonyl (C=O) groups excluding carboxylic acids is 1. The molecule has 2 rings (SSSR count). The Hall–Kier alpha value is -2.45. The van der Waals surface area contributed by atoms with Crippen molar-refractivity contribution < 1.29 is 22.7 Å². The molecule has 1 N–H and O–H groups in total. The monoisotopic (exact) mass is 454 g/mol. The van der Waals surface area contributed by atoms with Crippen LogP contribution in [-0.2, 0) is 21.4 Å². The summed E-state index contributed by atoms with van der Waals surface area (Å²) in [7, 11) is -2.14. The van der Waals surface area contributed by atoms with E-state index in [2.05, 4.69) is 5.32 Å². The van der Waals surface area contributed by atoms with Crippen LogP contribution in [0.3, 0.4) is 0 Å². The number of hydrogen-bond acceptors (Lipinski definition) is 5. The molecule has 9 heteroatoms. The molecule has 2 aromatic carbocycles. The molecular formula is C21H27ClN2O5S. The maximum Gasteiger partial charge on any atom is 0.241 e. The number of halogens is 1. The van der Waals surface area contributed by atoms with Crippen LogP contribution in [0.2, 0.25) is 5.02 Å². The summed E-state index contributed by atoms with van der Waals surface area (Å²) in [6.45, 7) is 5.40. The number of anilines is 1. The zero-order chi connectivity index (χ0) is 22.5. The lowest BCUT2D eigenvalue weighted by molar-refractivity contribution is -0.119. The molecule has 0 bridgehead atoms. The molecule has 0 aliphatic rings. The van der Waals surface area contributed by atoms with Gasteiger partial charge in [0.2, 0.25) is 15.9 Å². The quantitative estimate of drug-likeness (QED) is 0.626. The number of sulfonamides is 1. The van der Waals surface area contributed by atoms with Gasteiger partial charge in [0, 0.05) is 11.6 Å². The fourth-order valence-electron chi connectivity index (χ4n) is 2.81. The van der Waals surface area contributed by atoms with Crippen molar-refractivity contribution in [1.82, 2.24) is 5.32 Å². The van der Waals surface area contributed by atoms with Crippen LogP contribution in [0.4, 0.5) is 5.69 Å². The van der Waals surface area contributed by atoms with Gasteiger partial charge in [-0.3, -0.25) is 9.10 Å². The standard InChI is InChI=1S/C21H27ClN2O5S/c1-14(2)29-19-10-9-16(11-20(19)28-4)12-23-21(25)13-24(30(5,26)27)18-8-6-7-17(22)15(18)3/h6-11,14H,12-13H2,1-5H3,(H,23,25). The molecule has 0 aliphatic heterocycles. The number of ether oxygens (including phenoxy) is 2. The van der Waals surface area contributed by atoms with E-state index in [1.165, 1.54) is 0 Å². The molecule has 0 aliphatic carbocycles. The highest BCUT2D eigenvalue weighted by Gasteiger charge is 2.23. The zero-order valence-electron chi connectivity index (χ0n) is 17.7. The molecule has 2 aromatic rings. The second kappa shape index (κ2) is 10.0. The minimum atomic E-state index is -3.69. The van der Waals surface area contributed by atoms with Crippen molar-refractivity contribution in [3.8, 4) is 11.5 Å². The Balaban J connectivity index is 2.12. The van der Waals surface area contributed by atoms with Gasteiger partial charge in [0.1, 0.15) is 6.54 Å². The second-order valence-corrected chi connectivity index (χ2v) is 9.40. The highest BCUT2D eigenvalue weighted by atomic mass is 35.5. The summed E-state index contributed by atoms with van der Waals surface area (Å²) in [5, 5.41) is 3.17. The first-order valence-corrected chi connectivity index (χ1v) is 11.6. The number of nitrogens with one attached hydrogen (secondary N) is 1. The molecule has 0 radical (unpaired) electrons.